The lowest BCUT2D eigenvalue weighted by atomic mass is 9.86. The molecule has 0 aromatic rings. The zero-order valence-electron chi connectivity index (χ0n) is 6.97. The average Bonchev–Trinajstić information content (AvgIpc) is 1.93. The lowest BCUT2D eigenvalue weighted by molar-refractivity contribution is 0.229. The molecule has 64 valence electrons. The zero-order chi connectivity index (χ0) is 8.27. The molecule has 0 spiro atoms. The number of carbonyl (C=O) groups is 1. The van der Waals surface area contributed by atoms with Crippen molar-refractivity contribution >= 4 is 6.03 Å². The van der Waals surface area contributed by atoms with E-state index in [9.17, 15) is 4.79 Å². The number of amides is 2. The van der Waals surface area contributed by atoms with Crippen molar-refractivity contribution in [2.24, 2.45) is 11.7 Å². The molecule has 1 rings (SSSR count). The fraction of sp³-hybridized carbons (Fsp3) is 0.875. The first-order valence-corrected chi connectivity index (χ1v) is 4.26. The predicted octanol–water partition coefficient (Wildman–Crippen LogP) is 1.23. The van der Waals surface area contributed by atoms with Gasteiger partial charge in [-0.25, -0.2) is 4.79 Å². The molecule has 0 heterocycles. The van der Waals surface area contributed by atoms with E-state index in [-0.39, 0.29) is 6.03 Å². The highest BCUT2D eigenvalue weighted by molar-refractivity contribution is 5.71. The van der Waals surface area contributed by atoms with E-state index in [1.165, 1.54) is 19.3 Å². The van der Waals surface area contributed by atoms with Crippen LogP contribution in [0.4, 0.5) is 4.79 Å². The number of hydrogen-bond acceptors (Lipinski definition) is 1. The normalized spacial score (nSPS) is 31.4. The van der Waals surface area contributed by atoms with Crippen LogP contribution in [0.2, 0.25) is 0 Å². The van der Waals surface area contributed by atoms with Crippen LogP contribution in [0.25, 0.3) is 0 Å². The Balaban J connectivity index is 2.35. The minimum atomic E-state index is -0.385. The SMILES string of the molecule is C[C@H]1CCCC[C@H]1NC(N)=O. The molecule has 1 fully saturated rings. The van der Waals surface area contributed by atoms with Crippen LogP contribution in [0.1, 0.15) is 32.6 Å². The number of nitrogens with two attached hydrogens (primary N) is 1. The first-order valence-electron chi connectivity index (χ1n) is 4.26. The summed E-state index contributed by atoms with van der Waals surface area (Å²) in [5, 5.41) is 2.77. The van der Waals surface area contributed by atoms with E-state index in [1.807, 2.05) is 0 Å². The molecule has 3 heteroatoms. The summed E-state index contributed by atoms with van der Waals surface area (Å²) in [7, 11) is 0. The number of rotatable bonds is 1. The Morgan fingerprint density at radius 2 is 2.09 bits per heavy atom. The second kappa shape index (κ2) is 3.60. The van der Waals surface area contributed by atoms with Gasteiger partial charge < -0.3 is 11.1 Å². The standard InChI is InChI=1S/C8H16N2O/c1-6-4-2-3-5-7(6)10-8(9)11/h6-7H,2-5H2,1H3,(H3,9,10,11)/t6-,7+/m0/s1. The smallest absolute Gasteiger partial charge is 0.312 e. The van der Waals surface area contributed by atoms with E-state index in [0.717, 1.165) is 6.42 Å². The molecule has 0 aromatic carbocycles. The summed E-state index contributed by atoms with van der Waals surface area (Å²) in [5.74, 6) is 0.594. The van der Waals surface area contributed by atoms with Gasteiger partial charge in [-0.3, -0.25) is 0 Å². The van der Waals surface area contributed by atoms with Crippen molar-refractivity contribution in [2.75, 3.05) is 0 Å². The second-order valence-electron chi connectivity index (χ2n) is 3.38. The van der Waals surface area contributed by atoms with Crippen molar-refractivity contribution in [2.45, 2.75) is 38.6 Å². The monoisotopic (exact) mass is 156 g/mol. The maximum Gasteiger partial charge on any atom is 0.312 e. The van der Waals surface area contributed by atoms with Gasteiger partial charge in [0.1, 0.15) is 0 Å². The Labute approximate surface area is 67.3 Å². The fourth-order valence-corrected chi connectivity index (χ4v) is 1.71. The molecule has 0 saturated heterocycles. The van der Waals surface area contributed by atoms with Gasteiger partial charge in [-0.15, -0.1) is 0 Å². The van der Waals surface area contributed by atoms with Crippen LogP contribution in [0, 0.1) is 5.92 Å². The molecule has 1 aliphatic rings. The van der Waals surface area contributed by atoms with Gasteiger partial charge in [-0.1, -0.05) is 19.8 Å². The predicted molar refractivity (Wildman–Crippen MR) is 44.1 cm³/mol. The Morgan fingerprint density at radius 1 is 1.45 bits per heavy atom. The van der Waals surface area contributed by atoms with Gasteiger partial charge in [-0.2, -0.15) is 0 Å². The summed E-state index contributed by atoms with van der Waals surface area (Å²) in [6, 6.07) is -0.0648. The van der Waals surface area contributed by atoms with Crippen molar-refractivity contribution in [3.05, 3.63) is 0 Å². The van der Waals surface area contributed by atoms with E-state index in [2.05, 4.69) is 12.2 Å². The summed E-state index contributed by atoms with van der Waals surface area (Å²) in [4.78, 5) is 10.5. The molecule has 0 unspecified atom stereocenters. The third-order valence-electron chi connectivity index (χ3n) is 2.44. The van der Waals surface area contributed by atoms with Crippen LogP contribution in [0.5, 0.6) is 0 Å². The second-order valence-corrected chi connectivity index (χ2v) is 3.38. The van der Waals surface area contributed by atoms with Gasteiger partial charge in [0.15, 0.2) is 0 Å². The Hall–Kier alpha value is -0.730. The molecule has 3 nitrogen and oxygen atoms in total. The molecule has 2 atom stereocenters. The number of hydrogen-bond donors (Lipinski definition) is 2. The van der Waals surface area contributed by atoms with E-state index in [4.69, 9.17) is 5.73 Å². The molecule has 1 saturated carbocycles. The zero-order valence-corrected chi connectivity index (χ0v) is 6.97. The van der Waals surface area contributed by atoms with E-state index < -0.39 is 0 Å². The summed E-state index contributed by atoms with van der Waals surface area (Å²) >= 11 is 0. The van der Waals surface area contributed by atoms with E-state index in [1.54, 1.807) is 0 Å². The van der Waals surface area contributed by atoms with Crippen molar-refractivity contribution in [1.82, 2.24) is 5.32 Å². The molecule has 3 N–H and O–H groups in total. The lowest BCUT2D eigenvalue weighted by Crippen LogP contribution is -2.43. The molecular weight excluding hydrogens is 140 g/mol. The van der Waals surface area contributed by atoms with Gasteiger partial charge >= 0.3 is 6.03 Å². The Kier molecular flexibility index (Phi) is 2.74. The number of nitrogens with one attached hydrogen (secondary N) is 1. The first-order chi connectivity index (χ1) is 5.20. The largest absolute Gasteiger partial charge is 0.352 e. The van der Waals surface area contributed by atoms with Gasteiger partial charge in [0.2, 0.25) is 0 Å². The molecule has 11 heavy (non-hydrogen) atoms. The molecular formula is C8H16N2O. The van der Waals surface area contributed by atoms with Crippen LogP contribution < -0.4 is 11.1 Å². The van der Waals surface area contributed by atoms with Gasteiger partial charge in [0.25, 0.3) is 0 Å². The number of primary amides is 1. The van der Waals surface area contributed by atoms with Crippen LogP contribution in [-0.4, -0.2) is 12.1 Å². The Bertz CT molecular complexity index is 147. The van der Waals surface area contributed by atoms with Crippen molar-refractivity contribution in [3.8, 4) is 0 Å². The van der Waals surface area contributed by atoms with Crippen LogP contribution in [0.3, 0.4) is 0 Å². The summed E-state index contributed by atoms with van der Waals surface area (Å²) in [6.45, 7) is 2.17. The van der Waals surface area contributed by atoms with Crippen LogP contribution in [-0.2, 0) is 0 Å². The maximum atomic E-state index is 10.5. The molecule has 0 aromatic heterocycles. The molecule has 0 radical (unpaired) electrons. The minimum Gasteiger partial charge on any atom is -0.352 e. The number of carbonyl (C=O) groups excluding carboxylic acids is 1. The molecule has 2 amide bonds. The first kappa shape index (κ1) is 8.37. The molecule has 0 bridgehead atoms. The maximum absolute atomic E-state index is 10.5. The average molecular weight is 156 g/mol. The van der Waals surface area contributed by atoms with Gasteiger partial charge in [0.05, 0.1) is 0 Å². The van der Waals surface area contributed by atoms with Crippen LogP contribution >= 0.6 is 0 Å². The highest BCUT2D eigenvalue weighted by Crippen LogP contribution is 2.23. The third-order valence-corrected chi connectivity index (χ3v) is 2.44. The van der Waals surface area contributed by atoms with Crippen molar-refractivity contribution in [1.29, 1.82) is 0 Å². The summed E-state index contributed by atoms with van der Waals surface area (Å²) in [5.41, 5.74) is 5.04. The van der Waals surface area contributed by atoms with Gasteiger partial charge in [0, 0.05) is 6.04 Å². The van der Waals surface area contributed by atoms with Crippen molar-refractivity contribution < 1.29 is 4.79 Å². The highest BCUT2D eigenvalue weighted by atomic mass is 16.2. The minimum absolute atomic E-state index is 0.321. The number of urea groups is 1. The summed E-state index contributed by atoms with van der Waals surface area (Å²) in [6.07, 6.45) is 4.81. The Morgan fingerprint density at radius 3 is 2.64 bits per heavy atom. The van der Waals surface area contributed by atoms with E-state index in [0.29, 0.717) is 12.0 Å². The third kappa shape index (κ3) is 2.41. The topological polar surface area (TPSA) is 55.1 Å². The lowest BCUT2D eigenvalue weighted by Gasteiger charge is -2.28. The quantitative estimate of drug-likeness (QED) is 0.589. The summed E-state index contributed by atoms with van der Waals surface area (Å²) < 4.78 is 0. The fourth-order valence-electron chi connectivity index (χ4n) is 1.71. The molecule has 1 aliphatic carbocycles. The molecule has 0 aliphatic heterocycles. The van der Waals surface area contributed by atoms with Crippen molar-refractivity contribution in [3.63, 3.8) is 0 Å². The van der Waals surface area contributed by atoms with Crippen LogP contribution in [0.15, 0.2) is 0 Å². The highest BCUT2D eigenvalue weighted by Gasteiger charge is 2.21. The van der Waals surface area contributed by atoms with E-state index >= 15 is 0 Å². The van der Waals surface area contributed by atoms with Gasteiger partial charge in [-0.05, 0) is 18.8 Å².